The van der Waals surface area contributed by atoms with Crippen molar-refractivity contribution < 1.29 is 29.5 Å². The number of aromatic hydroxyl groups is 1. The molecule has 3 N–H and O–H groups in total. The summed E-state index contributed by atoms with van der Waals surface area (Å²) in [5.74, 6) is -2.05. The maximum atomic E-state index is 11.8. The molecule has 9 nitrogen and oxygen atoms in total. The molecular formula is C14H10N2O7. The Morgan fingerprint density at radius 1 is 1.17 bits per heavy atom. The van der Waals surface area contributed by atoms with Crippen LogP contribution in [-0.2, 0) is 0 Å². The van der Waals surface area contributed by atoms with Crippen LogP contribution >= 0.6 is 0 Å². The Bertz CT molecular complexity index is 788. The molecule has 9 heteroatoms. The molecule has 2 rings (SSSR count). The number of phenols is 1. The Morgan fingerprint density at radius 3 is 2.52 bits per heavy atom. The lowest BCUT2D eigenvalue weighted by Crippen LogP contribution is -2.18. The van der Waals surface area contributed by atoms with E-state index in [2.05, 4.69) is 5.32 Å². The molecule has 0 aliphatic carbocycles. The zero-order valence-corrected chi connectivity index (χ0v) is 11.4. The summed E-state index contributed by atoms with van der Waals surface area (Å²) in [6.07, 6.45) is -1.06. The van der Waals surface area contributed by atoms with Gasteiger partial charge in [0.15, 0.2) is 0 Å². The molecule has 2 aromatic carbocycles. The number of non-ortho nitro benzene ring substituents is 1. The first-order valence-electron chi connectivity index (χ1n) is 6.17. The minimum atomic E-state index is -1.44. The first-order chi connectivity index (χ1) is 10.9. The minimum Gasteiger partial charge on any atom is -0.507 e. The summed E-state index contributed by atoms with van der Waals surface area (Å²) in [7, 11) is 0. The van der Waals surface area contributed by atoms with Gasteiger partial charge in [0, 0.05) is 6.07 Å². The molecular weight excluding hydrogens is 308 g/mol. The SMILES string of the molecule is O=C(Nc1cccc(O)c1C(=O)O)Oc1cccc([N+](=O)[O-])c1. The number of aromatic carboxylic acids is 1. The van der Waals surface area contributed by atoms with Crippen LogP contribution in [0.5, 0.6) is 11.5 Å². The standard InChI is InChI=1S/C14H10N2O7/c17-11-6-2-5-10(12(11)13(18)19)15-14(20)23-9-4-1-3-8(7-9)16(21)22/h1-7,17H,(H,15,20)(H,18,19). The number of carbonyl (C=O) groups excluding carboxylic acids is 1. The van der Waals surface area contributed by atoms with E-state index in [0.29, 0.717) is 0 Å². The van der Waals surface area contributed by atoms with Gasteiger partial charge in [0.25, 0.3) is 5.69 Å². The highest BCUT2D eigenvalue weighted by molar-refractivity contribution is 6.01. The fraction of sp³-hybridized carbons (Fsp3) is 0. The number of benzene rings is 2. The molecule has 0 aliphatic heterocycles. The first-order valence-corrected chi connectivity index (χ1v) is 6.17. The number of ether oxygens (including phenoxy) is 1. The van der Waals surface area contributed by atoms with Gasteiger partial charge >= 0.3 is 12.1 Å². The highest BCUT2D eigenvalue weighted by atomic mass is 16.6. The molecule has 0 aromatic heterocycles. The summed E-state index contributed by atoms with van der Waals surface area (Å²) in [5.41, 5.74) is -0.935. The summed E-state index contributed by atoms with van der Waals surface area (Å²) in [4.78, 5) is 32.8. The lowest BCUT2D eigenvalue weighted by atomic mass is 10.1. The van der Waals surface area contributed by atoms with E-state index in [9.17, 15) is 24.8 Å². The number of nitro groups is 1. The molecule has 0 unspecified atom stereocenters. The average molecular weight is 318 g/mol. The summed E-state index contributed by atoms with van der Waals surface area (Å²) in [6, 6.07) is 8.68. The molecule has 118 valence electrons. The van der Waals surface area contributed by atoms with Crippen LogP contribution in [0.2, 0.25) is 0 Å². The number of anilines is 1. The van der Waals surface area contributed by atoms with Crippen molar-refractivity contribution in [2.24, 2.45) is 0 Å². The smallest absolute Gasteiger partial charge is 0.417 e. The quantitative estimate of drug-likeness (QED) is 0.581. The van der Waals surface area contributed by atoms with Crippen molar-refractivity contribution in [3.63, 3.8) is 0 Å². The Morgan fingerprint density at radius 2 is 1.87 bits per heavy atom. The van der Waals surface area contributed by atoms with Gasteiger partial charge < -0.3 is 14.9 Å². The molecule has 23 heavy (non-hydrogen) atoms. The largest absolute Gasteiger partial charge is 0.507 e. The molecule has 2 aromatic rings. The second kappa shape index (κ2) is 6.43. The van der Waals surface area contributed by atoms with E-state index in [4.69, 9.17) is 9.84 Å². The molecule has 0 heterocycles. The normalized spacial score (nSPS) is 9.91. The van der Waals surface area contributed by atoms with Crippen molar-refractivity contribution in [1.82, 2.24) is 0 Å². The van der Waals surface area contributed by atoms with E-state index in [0.717, 1.165) is 12.1 Å². The minimum absolute atomic E-state index is 0.0891. The monoisotopic (exact) mass is 318 g/mol. The van der Waals surface area contributed by atoms with E-state index in [1.165, 1.54) is 30.3 Å². The van der Waals surface area contributed by atoms with Gasteiger partial charge in [-0.15, -0.1) is 0 Å². The van der Waals surface area contributed by atoms with Gasteiger partial charge in [-0.05, 0) is 18.2 Å². The third kappa shape index (κ3) is 3.73. The average Bonchev–Trinajstić information content (AvgIpc) is 2.46. The molecule has 1 amide bonds. The van der Waals surface area contributed by atoms with Crippen LogP contribution in [0.3, 0.4) is 0 Å². The molecule has 0 spiro atoms. The second-order valence-electron chi connectivity index (χ2n) is 4.27. The van der Waals surface area contributed by atoms with Crippen LogP contribution in [0.1, 0.15) is 10.4 Å². The zero-order chi connectivity index (χ0) is 17.0. The van der Waals surface area contributed by atoms with Gasteiger partial charge in [0.1, 0.15) is 17.1 Å². The highest BCUT2D eigenvalue weighted by Gasteiger charge is 2.18. The van der Waals surface area contributed by atoms with E-state index in [1.807, 2.05) is 0 Å². The van der Waals surface area contributed by atoms with E-state index >= 15 is 0 Å². The summed E-state index contributed by atoms with van der Waals surface area (Å²) in [5, 5.41) is 31.3. The maximum absolute atomic E-state index is 11.8. The number of carboxylic acid groups (broad SMARTS) is 1. The number of carbonyl (C=O) groups is 2. The van der Waals surface area contributed by atoms with Gasteiger partial charge in [-0.3, -0.25) is 15.4 Å². The molecule has 0 saturated heterocycles. The van der Waals surface area contributed by atoms with Crippen LogP contribution in [0.25, 0.3) is 0 Å². The molecule has 0 aliphatic rings. The predicted octanol–water partition coefficient (Wildman–Crippen LogP) is 2.61. The summed E-state index contributed by atoms with van der Waals surface area (Å²) >= 11 is 0. The number of amides is 1. The molecule has 0 atom stereocenters. The van der Waals surface area contributed by atoms with Crippen LogP contribution in [0.15, 0.2) is 42.5 Å². The fourth-order valence-electron chi connectivity index (χ4n) is 1.77. The summed E-state index contributed by atoms with van der Waals surface area (Å²) < 4.78 is 4.85. The van der Waals surface area contributed by atoms with Gasteiger partial charge in [0.2, 0.25) is 0 Å². The predicted molar refractivity (Wildman–Crippen MR) is 77.8 cm³/mol. The number of nitrogens with zero attached hydrogens (tertiary/aromatic N) is 1. The van der Waals surface area contributed by atoms with Crippen molar-refractivity contribution in [3.05, 3.63) is 58.1 Å². The van der Waals surface area contributed by atoms with E-state index in [1.54, 1.807) is 0 Å². The third-order valence-corrected chi connectivity index (χ3v) is 2.73. The van der Waals surface area contributed by atoms with Crippen LogP contribution < -0.4 is 10.1 Å². The topological polar surface area (TPSA) is 139 Å². The van der Waals surface area contributed by atoms with E-state index in [-0.39, 0.29) is 17.1 Å². The van der Waals surface area contributed by atoms with Crippen molar-refractivity contribution in [2.45, 2.75) is 0 Å². The Labute approximate surface area is 128 Å². The van der Waals surface area contributed by atoms with Crippen LogP contribution in [-0.4, -0.2) is 27.2 Å². The van der Waals surface area contributed by atoms with Crippen molar-refractivity contribution in [2.75, 3.05) is 5.32 Å². The number of nitrogens with one attached hydrogen (secondary N) is 1. The maximum Gasteiger partial charge on any atom is 0.417 e. The van der Waals surface area contributed by atoms with Gasteiger partial charge in [-0.25, -0.2) is 9.59 Å². The number of hydrogen-bond donors (Lipinski definition) is 3. The van der Waals surface area contributed by atoms with Crippen molar-refractivity contribution >= 4 is 23.4 Å². The first kappa shape index (κ1) is 15.8. The van der Waals surface area contributed by atoms with Gasteiger partial charge in [0.05, 0.1) is 16.7 Å². The Balaban J connectivity index is 2.18. The van der Waals surface area contributed by atoms with Crippen molar-refractivity contribution in [1.29, 1.82) is 0 Å². The number of nitro benzene ring substituents is 1. The number of rotatable bonds is 4. The molecule has 0 saturated carbocycles. The third-order valence-electron chi connectivity index (χ3n) is 2.73. The fourth-order valence-corrected chi connectivity index (χ4v) is 1.77. The zero-order valence-electron chi connectivity index (χ0n) is 11.4. The number of hydrogen-bond acceptors (Lipinski definition) is 6. The molecule has 0 bridgehead atoms. The van der Waals surface area contributed by atoms with E-state index < -0.39 is 28.3 Å². The molecule has 0 radical (unpaired) electrons. The number of carboxylic acids is 1. The van der Waals surface area contributed by atoms with Crippen LogP contribution in [0.4, 0.5) is 16.2 Å². The lowest BCUT2D eigenvalue weighted by molar-refractivity contribution is -0.384. The Hall–Kier alpha value is -3.62. The second-order valence-corrected chi connectivity index (χ2v) is 4.27. The van der Waals surface area contributed by atoms with Crippen molar-refractivity contribution in [3.8, 4) is 11.5 Å². The van der Waals surface area contributed by atoms with Crippen LogP contribution in [0, 0.1) is 10.1 Å². The summed E-state index contributed by atoms with van der Waals surface area (Å²) in [6.45, 7) is 0. The highest BCUT2D eigenvalue weighted by Crippen LogP contribution is 2.26. The lowest BCUT2D eigenvalue weighted by Gasteiger charge is -2.10. The van der Waals surface area contributed by atoms with Gasteiger partial charge in [-0.2, -0.15) is 0 Å². The van der Waals surface area contributed by atoms with Gasteiger partial charge in [-0.1, -0.05) is 12.1 Å². The molecule has 0 fully saturated rings. The Kier molecular flexibility index (Phi) is 4.41.